The van der Waals surface area contributed by atoms with Crippen LogP contribution < -0.4 is 10.1 Å². The molecular weight excluding hydrogens is 462 g/mol. The molecule has 0 aliphatic heterocycles. The second kappa shape index (κ2) is 8.81. The number of hydrogen-bond acceptors (Lipinski definition) is 4. The van der Waals surface area contributed by atoms with Gasteiger partial charge in [-0.05, 0) is 55.9 Å². The van der Waals surface area contributed by atoms with Crippen LogP contribution in [-0.2, 0) is 9.53 Å². The van der Waals surface area contributed by atoms with E-state index in [1.54, 1.807) is 18.2 Å². The zero-order valence-corrected chi connectivity index (χ0v) is 18.3. The van der Waals surface area contributed by atoms with Gasteiger partial charge in [0, 0.05) is 5.92 Å². The molecule has 1 amide bonds. The van der Waals surface area contributed by atoms with Crippen LogP contribution in [0.2, 0.25) is 0 Å². The molecule has 6 nitrogen and oxygen atoms in total. The summed E-state index contributed by atoms with van der Waals surface area (Å²) in [5.41, 5.74) is 4.82. The topological polar surface area (TPSA) is 84.9 Å². The fourth-order valence-electron chi connectivity index (χ4n) is 3.91. The molecule has 4 rings (SSSR count). The first-order valence-corrected chi connectivity index (χ1v) is 10.5. The molecule has 1 unspecified atom stereocenters. The van der Waals surface area contributed by atoms with Crippen LogP contribution in [0.3, 0.4) is 0 Å². The first-order valence-electron chi connectivity index (χ1n) is 9.67. The van der Waals surface area contributed by atoms with Gasteiger partial charge in [-0.15, -0.1) is 0 Å². The summed E-state index contributed by atoms with van der Waals surface area (Å²) in [4.78, 5) is 24.3. The van der Waals surface area contributed by atoms with Gasteiger partial charge in [-0.2, -0.15) is 0 Å². The van der Waals surface area contributed by atoms with Crippen LogP contribution in [0.15, 0.2) is 71.2 Å². The number of rotatable bonds is 6. The van der Waals surface area contributed by atoms with E-state index in [1.807, 2.05) is 36.4 Å². The zero-order valence-electron chi connectivity index (χ0n) is 16.7. The largest absolute Gasteiger partial charge is 0.496 e. The number of aliphatic carboxylic acids is 1. The van der Waals surface area contributed by atoms with Crippen molar-refractivity contribution in [3.05, 3.63) is 87.9 Å². The summed E-state index contributed by atoms with van der Waals surface area (Å²) in [6, 6.07) is 19.6. The fraction of sp³-hybridized carbons (Fsp3) is 0.167. The normalized spacial score (nSPS) is 13.1. The predicted molar refractivity (Wildman–Crippen MR) is 119 cm³/mol. The third-order valence-corrected chi connectivity index (χ3v) is 5.98. The van der Waals surface area contributed by atoms with Crippen LogP contribution in [-0.4, -0.2) is 30.9 Å². The highest BCUT2D eigenvalue weighted by Crippen LogP contribution is 2.44. The molecule has 158 valence electrons. The Morgan fingerprint density at radius 1 is 1.03 bits per heavy atom. The van der Waals surface area contributed by atoms with E-state index in [2.05, 4.69) is 33.4 Å². The number of halogens is 1. The van der Waals surface area contributed by atoms with E-state index in [0.717, 1.165) is 22.3 Å². The average Bonchev–Trinajstić information content (AvgIpc) is 3.09. The van der Waals surface area contributed by atoms with Gasteiger partial charge in [0.25, 0.3) is 0 Å². The lowest BCUT2D eigenvalue weighted by atomic mass is 9.98. The molecule has 0 radical (unpaired) electrons. The van der Waals surface area contributed by atoms with Crippen LogP contribution in [0, 0.1) is 0 Å². The Hall–Kier alpha value is -3.32. The Labute approximate surface area is 187 Å². The Morgan fingerprint density at radius 2 is 1.65 bits per heavy atom. The van der Waals surface area contributed by atoms with Gasteiger partial charge in [0.15, 0.2) is 6.04 Å². The number of nitrogens with one attached hydrogen (secondary N) is 1. The van der Waals surface area contributed by atoms with Crippen molar-refractivity contribution in [1.82, 2.24) is 5.32 Å². The van der Waals surface area contributed by atoms with Gasteiger partial charge >= 0.3 is 12.1 Å². The van der Waals surface area contributed by atoms with Gasteiger partial charge in [0.1, 0.15) is 12.4 Å². The van der Waals surface area contributed by atoms with Gasteiger partial charge in [0.05, 0.1) is 11.6 Å². The summed E-state index contributed by atoms with van der Waals surface area (Å²) in [5.74, 6) is -0.726. The monoisotopic (exact) mass is 481 g/mol. The quantitative estimate of drug-likeness (QED) is 0.510. The molecule has 1 aliphatic rings. The molecule has 31 heavy (non-hydrogen) atoms. The standard InChI is InChI=1S/C24H20BrNO5/c1-30-21-11-10-14(12-20(21)25)22(23(27)28)26-24(29)31-13-19-17-8-4-2-6-15(17)16-7-3-5-9-18(16)19/h2-12,19,22H,13H2,1H3,(H,26,29)(H,27,28). The predicted octanol–water partition coefficient (Wildman–Crippen LogP) is 5.12. The molecule has 0 aromatic heterocycles. The van der Waals surface area contributed by atoms with E-state index in [4.69, 9.17) is 9.47 Å². The molecule has 0 spiro atoms. The van der Waals surface area contributed by atoms with E-state index >= 15 is 0 Å². The van der Waals surface area contributed by atoms with Gasteiger partial charge in [-0.25, -0.2) is 9.59 Å². The maximum atomic E-state index is 12.5. The first-order chi connectivity index (χ1) is 15.0. The van der Waals surface area contributed by atoms with E-state index < -0.39 is 18.1 Å². The van der Waals surface area contributed by atoms with Crippen LogP contribution in [0.5, 0.6) is 5.75 Å². The van der Waals surface area contributed by atoms with E-state index in [-0.39, 0.29) is 12.5 Å². The van der Waals surface area contributed by atoms with Crippen molar-refractivity contribution in [2.24, 2.45) is 0 Å². The van der Waals surface area contributed by atoms with E-state index in [0.29, 0.717) is 15.8 Å². The van der Waals surface area contributed by atoms with Crippen molar-refractivity contribution >= 4 is 28.0 Å². The molecule has 0 fully saturated rings. The highest BCUT2D eigenvalue weighted by molar-refractivity contribution is 9.10. The number of carboxylic acid groups (broad SMARTS) is 1. The highest BCUT2D eigenvalue weighted by Gasteiger charge is 2.30. The molecule has 3 aromatic rings. The molecular formula is C24H20BrNO5. The van der Waals surface area contributed by atoms with Gasteiger partial charge < -0.3 is 19.9 Å². The number of benzene rings is 3. The molecule has 7 heteroatoms. The maximum Gasteiger partial charge on any atom is 0.408 e. The molecule has 2 N–H and O–H groups in total. The summed E-state index contributed by atoms with van der Waals surface area (Å²) in [5, 5.41) is 12.1. The Bertz CT molecular complexity index is 1100. The summed E-state index contributed by atoms with van der Waals surface area (Å²) in [7, 11) is 1.52. The number of methoxy groups -OCH3 is 1. The minimum Gasteiger partial charge on any atom is -0.496 e. The van der Waals surface area contributed by atoms with E-state index in [1.165, 1.54) is 7.11 Å². The number of carbonyl (C=O) groups excluding carboxylic acids is 1. The third kappa shape index (κ3) is 4.14. The molecule has 0 bridgehead atoms. The minimum atomic E-state index is -1.25. The second-order valence-corrected chi connectivity index (χ2v) is 7.99. The molecule has 1 aliphatic carbocycles. The number of fused-ring (bicyclic) bond motifs is 3. The zero-order chi connectivity index (χ0) is 22.0. The van der Waals surface area contributed by atoms with Crippen molar-refractivity contribution in [3.8, 4) is 16.9 Å². The number of ether oxygens (including phenoxy) is 2. The molecule has 0 saturated carbocycles. The Balaban J connectivity index is 1.48. The van der Waals surface area contributed by atoms with Gasteiger partial charge in [-0.3, -0.25) is 0 Å². The smallest absolute Gasteiger partial charge is 0.408 e. The number of carbonyl (C=O) groups is 2. The van der Waals surface area contributed by atoms with Crippen LogP contribution >= 0.6 is 15.9 Å². The third-order valence-electron chi connectivity index (χ3n) is 5.36. The van der Waals surface area contributed by atoms with Crippen LogP contribution in [0.25, 0.3) is 11.1 Å². The Kier molecular flexibility index (Phi) is 5.95. The summed E-state index contributed by atoms with van der Waals surface area (Å²) < 4.78 is 11.2. The first kappa shape index (κ1) is 20.9. The number of alkyl carbamates (subject to hydrolysis) is 1. The van der Waals surface area contributed by atoms with Crippen molar-refractivity contribution < 1.29 is 24.2 Å². The highest BCUT2D eigenvalue weighted by atomic mass is 79.9. The molecule has 1 atom stereocenters. The summed E-state index contributed by atoms with van der Waals surface area (Å²) >= 11 is 3.34. The van der Waals surface area contributed by atoms with Crippen molar-refractivity contribution in [1.29, 1.82) is 0 Å². The fourth-order valence-corrected chi connectivity index (χ4v) is 4.47. The SMILES string of the molecule is COc1ccc(C(NC(=O)OCC2c3ccccc3-c3ccccc32)C(=O)O)cc1Br. The molecule has 0 saturated heterocycles. The number of amides is 1. The van der Waals surface area contributed by atoms with Crippen LogP contribution in [0.1, 0.15) is 28.7 Å². The Morgan fingerprint density at radius 3 is 2.19 bits per heavy atom. The van der Waals surface area contributed by atoms with Crippen molar-refractivity contribution in [3.63, 3.8) is 0 Å². The lowest BCUT2D eigenvalue weighted by molar-refractivity contribution is -0.139. The summed E-state index contributed by atoms with van der Waals surface area (Å²) in [6.07, 6.45) is -0.791. The minimum absolute atomic E-state index is 0.100. The van der Waals surface area contributed by atoms with E-state index in [9.17, 15) is 14.7 Å². The van der Waals surface area contributed by atoms with Crippen molar-refractivity contribution in [2.75, 3.05) is 13.7 Å². The van der Waals surface area contributed by atoms with Gasteiger partial charge in [-0.1, -0.05) is 54.6 Å². The second-order valence-electron chi connectivity index (χ2n) is 7.14. The maximum absolute atomic E-state index is 12.5. The lowest BCUT2D eigenvalue weighted by Gasteiger charge is -2.18. The lowest BCUT2D eigenvalue weighted by Crippen LogP contribution is -2.34. The van der Waals surface area contributed by atoms with Gasteiger partial charge in [0.2, 0.25) is 0 Å². The molecule has 0 heterocycles. The molecule has 3 aromatic carbocycles. The summed E-state index contributed by atoms with van der Waals surface area (Å²) in [6.45, 7) is 0.110. The average molecular weight is 482 g/mol. The number of carboxylic acids is 1. The van der Waals surface area contributed by atoms with Crippen LogP contribution in [0.4, 0.5) is 4.79 Å². The van der Waals surface area contributed by atoms with Crippen molar-refractivity contribution in [2.45, 2.75) is 12.0 Å². The number of hydrogen-bond donors (Lipinski definition) is 2.